The molecular formula is C17H22N2S. The molecule has 20 heavy (non-hydrogen) atoms. The maximum atomic E-state index is 4.96. The first-order valence-corrected chi connectivity index (χ1v) is 8.39. The van der Waals surface area contributed by atoms with Gasteiger partial charge in [-0.2, -0.15) is 0 Å². The average Bonchev–Trinajstić information content (AvgIpc) is 2.94. The minimum absolute atomic E-state index is 0.696. The van der Waals surface area contributed by atoms with Crippen LogP contribution in [0.15, 0.2) is 30.3 Å². The van der Waals surface area contributed by atoms with Gasteiger partial charge in [-0.05, 0) is 25.5 Å². The summed E-state index contributed by atoms with van der Waals surface area (Å²) in [6.07, 6.45) is 6.77. The van der Waals surface area contributed by atoms with Crippen molar-refractivity contribution in [2.45, 2.75) is 44.6 Å². The van der Waals surface area contributed by atoms with Crippen molar-refractivity contribution in [1.29, 1.82) is 0 Å². The topological polar surface area (TPSA) is 24.9 Å². The molecule has 0 saturated heterocycles. The van der Waals surface area contributed by atoms with Gasteiger partial charge in [-0.15, -0.1) is 11.3 Å². The molecule has 106 valence electrons. The van der Waals surface area contributed by atoms with Crippen LogP contribution >= 0.6 is 11.3 Å². The van der Waals surface area contributed by atoms with E-state index in [1.807, 2.05) is 18.4 Å². The molecule has 1 N–H and O–H groups in total. The molecule has 1 heterocycles. The SMILES string of the molecule is CNCc1nc(C2CCCCC2)sc1-c1ccccc1. The molecule has 1 aromatic heterocycles. The Morgan fingerprint density at radius 2 is 1.90 bits per heavy atom. The minimum atomic E-state index is 0.696. The summed E-state index contributed by atoms with van der Waals surface area (Å²) in [5, 5.41) is 4.61. The lowest BCUT2D eigenvalue weighted by Gasteiger charge is -2.18. The van der Waals surface area contributed by atoms with Crippen molar-refractivity contribution in [2.75, 3.05) is 7.05 Å². The van der Waals surface area contributed by atoms with E-state index >= 15 is 0 Å². The largest absolute Gasteiger partial charge is 0.314 e. The Morgan fingerprint density at radius 3 is 2.60 bits per heavy atom. The van der Waals surface area contributed by atoms with Gasteiger partial charge in [0.2, 0.25) is 0 Å². The maximum absolute atomic E-state index is 4.96. The van der Waals surface area contributed by atoms with Crippen LogP contribution in [0.2, 0.25) is 0 Å². The van der Waals surface area contributed by atoms with Gasteiger partial charge in [0.15, 0.2) is 0 Å². The van der Waals surface area contributed by atoms with Crippen LogP contribution in [0.5, 0.6) is 0 Å². The third-order valence-corrected chi connectivity index (χ3v) is 5.36. The highest BCUT2D eigenvalue weighted by Gasteiger charge is 2.21. The lowest BCUT2D eigenvalue weighted by Crippen LogP contribution is -2.08. The van der Waals surface area contributed by atoms with E-state index in [1.54, 1.807) is 0 Å². The molecule has 1 aliphatic carbocycles. The van der Waals surface area contributed by atoms with E-state index in [-0.39, 0.29) is 0 Å². The highest BCUT2D eigenvalue weighted by Crippen LogP contribution is 2.39. The lowest BCUT2D eigenvalue weighted by molar-refractivity contribution is 0.442. The molecule has 0 amide bonds. The maximum Gasteiger partial charge on any atom is 0.0966 e. The number of benzene rings is 1. The highest BCUT2D eigenvalue weighted by molar-refractivity contribution is 7.15. The fourth-order valence-electron chi connectivity index (χ4n) is 3.00. The van der Waals surface area contributed by atoms with Gasteiger partial charge in [-0.1, -0.05) is 49.6 Å². The number of aromatic nitrogens is 1. The predicted molar refractivity (Wildman–Crippen MR) is 86.1 cm³/mol. The van der Waals surface area contributed by atoms with Gasteiger partial charge >= 0.3 is 0 Å². The van der Waals surface area contributed by atoms with E-state index in [2.05, 4.69) is 35.6 Å². The molecule has 2 nitrogen and oxygen atoms in total. The third kappa shape index (κ3) is 2.94. The molecule has 1 aromatic carbocycles. The molecule has 0 aliphatic heterocycles. The van der Waals surface area contributed by atoms with Gasteiger partial charge < -0.3 is 5.32 Å². The van der Waals surface area contributed by atoms with Gasteiger partial charge in [0.25, 0.3) is 0 Å². The predicted octanol–water partition coefficient (Wildman–Crippen LogP) is 4.58. The summed E-state index contributed by atoms with van der Waals surface area (Å²) in [6, 6.07) is 10.7. The first-order valence-electron chi connectivity index (χ1n) is 7.58. The van der Waals surface area contributed by atoms with Crippen molar-refractivity contribution in [3.63, 3.8) is 0 Å². The van der Waals surface area contributed by atoms with Crippen LogP contribution in [-0.2, 0) is 6.54 Å². The second-order valence-corrected chi connectivity index (χ2v) is 6.59. The summed E-state index contributed by atoms with van der Waals surface area (Å²) in [5.41, 5.74) is 2.52. The van der Waals surface area contributed by atoms with Gasteiger partial charge in [0.1, 0.15) is 0 Å². The van der Waals surface area contributed by atoms with Crippen molar-refractivity contribution in [1.82, 2.24) is 10.3 Å². The van der Waals surface area contributed by atoms with E-state index in [0.29, 0.717) is 5.92 Å². The fourth-order valence-corrected chi connectivity index (χ4v) is 4.25. The second kappa shape index (κ2) is 6.51. The molecule has 1 saturated carbocycles. The van der Waals surface area contributed by atoms with Crippen LogP contribution in [0.4, 0.5) is 0 Å². The zero-order chi connectivity index (χ0) is 13.8. The third-order valence-electron chi connectivity index (χ3n) is 4.05. The van der Waals surface area contributed by atoms with E-state index in [1.165, 1.54) is 53.2 Å². The van der Waals surface area contributed by atoms with E-state index in [0.717, 1.165) is 6.54 Å². The summed E-state index contributed by atoms with van der Waals surface area (Å²) < 4.78 is 0. The normalized spacial score (nSPS) is 16.4. The number of hydrogen-bond donors (Lipinski definition) is 1. The second-order valence-electron chi connectivity index (χ2n) is 5.56. The van der Waals surface area contributed by atoms with Gasteiger partial charge in [0, 0.05) is 12.5 Å². The standard InChI is InChI=1S/C17H22N2S/c1-18-12-15-16(13-8-4-2-5-9-13)20-17(19-15)14-10-6-3-7-11-14/h2,4-5,8-9,14,18H,3,6-7,10-12H2,1H3. The smallest absolute Gasteiger partial charge is 0.0966 e. The fraction of sp³-hybridized carbons (Fsp3) is 0.471. The number of nitrogens with one attached hydrogen (secondary N) is 1. The van der Waals surface area contributed by atoms with Crippen molar-refractivity contribution in [3.8, 4) is 10.4 Å². The van der Waals surface area contributed by atoms with E-state index < -0.39 is 0 Å². The monoisotopic (exact) mass is 286 g/mol. The van der Waals surface area contributed by atoms with Crippen molar-refractivity contribution in [2.24, 2.45) is 0 Å². The molecule has 1 fully saturated rings. The van der Waals surface area contributed by atoms with Crippen molar-refractivity contribution >= 4 is 11.3 Å². The molecule has 0 radical (unpaired) electrons. The van der Waals surface area contributed by atoms with Crippen LogP contribution in [-0.4, -0.2) is 12.0 Å². The number of rotatable bonds is 4. The molecule has 3 rings (SSSR count). The van der Waals surface area contributed by atoms with E-state index in [4.69, 9.17) is 4.98 Å². The summed E-state index contributed by atoms with van der Waals surface area (Å²) in [4.78, 5) is 6.30. The Hall–Kier alpha value is -1.19. The number of hydrogen-bond acceptors (Lipinski definition) is 3. The first-order chi connectivity index (χ1) is 9.88. The quantitative estimate of drug-likeness (QED) is 0.890. The highest BCUT2D eigenvalue weighted by atomic mass is 32.1. The Bertz CT molecular complexity index is 541. The summed E-state index contributed by atoms with van der Waals surface area (Å²) in [5.74, 6) is 0.696. The summed E-state index contributed by atoms with van der Waals surface area (Å²) in [6.45, 7) is 0.855. The molecule has 0 spiro atoms. The number of nitrogens with zero attached hydrogens (tertiary/aromatic N) is 1. The van der Waals surface area contributed by atoms with Crippen LogP contribution < -0.4 is 5.32 Å². The van der Waals surface area contributed by atoms with Crippen molar-refractivity contribution in [3.05, 3.63) is 41.0 Å². The Kier molecular flexibility index (Phi) is 4.48. The van der Waals surface area contributed by atoms with Gasteiger partial charge in [-0.25, -0.2) is 4.98 Å². The summed E-state index contributed by atoms with van der Waals surface area (Å²) in [7, 11) is 1.99. The van der Waals surface area contributed by atoms with Crippen molar-refractivity contribution < 1.29 is 0 Å². The molecule has 1 aliphatic rings. The Labute approximate surface area is 125 Å². The lowest BCUT2D eigenvalue weighted by atomic mass is 9.90. The van der Waals surface area contributed by atoms with Gasteiger partial charge in [-0.3, -0.25) is 0 Å². The van der Waals surface area contributed by atoms with Crippen LogP contribution in [0, 0.1) is 0 Å². The minimum Gasteiger partial charge on any atom is -0.314 e. The molecule has 2 aromatic rings. The van der Waals surface area contributed by atoms with Gasteiger partial charge in [0.05, 0.1) is 15.6 Å². The van der Waals surface area contributed by atoms with Crippen LogP contribution in [0.1, 0.15) is 48.7 Å². The first kappa shape index (κ1) is 13.8. The number of thiazole rings is 1. The summed E-state index contributed by atoms with van der Waals surface area (Å²) >= 11 is 1.91. The molecule has 0 unspecified atom stereocenters. The Balaban J connectivity index is 1.93. The average molecular weight is 286 g/mol. The molecule has 0 atom stereocenters. The molecule has 3 heteroatoms. The zero-order valence-electron chi connectivity index (χ0n) is 12.1. The zero-order valence-corrected chi connectivity index (χ0v) is 12.9. The molecular weight excluding hydrogens is 264 g/mol. The van der Waals surface area contributed by atoms with Crippen LogP contribution in [0.25, 0.3) is 10.4 Å². The van der Waals surface area contributed by atoms with Crippen LogP contribution in [0.3, 0.4) is 0 Å². The Morgan fingerprint density at radius 1 is 1.15 bits per heavy atom. The van der Waals surface area contributed by atoms with E-state index in [9.17, 15) is 0 Å². The molecule has 0 bridgehead atoms.